The van der Waals surface area contributed by atoms with Crippen molar-refractivity contribution in [1.82, 2.24) is 20.1 Å². The Bertz CT molecular complexity index is 767. The van der Waals surface area contributed by atoms with Crippen LogP contribution in [-0.4, -0.2) is 64.7 Å². The van der Waals surface area contributed by atoms with Gasteiger partial charge in [-0.1, -0.05) is 18.2 Å². The van der Waals surface area contributed by atoms with E-state index in [-0.39, 0.29) is 29.9 Å². The quantitative estimate of drug-likeness (QED) is 0.848. The number of benzene rings is 1. The highest BCUT2D eigenvalue weighted by Crippen LogP contribution is 2.16. The van der Waals surface area contributed by atoms with Gasteiger partial charge in [-0.3, -0.25) is 9.59 Å². The Balaban J connectivity index is 1.50. The van der Waals surface area contributed by atoms with Crippen LogP contribution in [0, 0.1) is 6.92 Å². The Hall–Kier alpha value is -3.10. The van der Waals surface area contributed by atoms with Crippen LogP contribution in [0.5, 0.6) is 5.75 Å². The number of aromatic nitrogens is 2. The number of hydrogen-bond donors (Lipinski definition) is 1. The first-order valence-electron chi connectivity index (χ1n) is 7.90. The Morgan fingerprint density at radius 3 is 2.48 bits per heavy atom. The number of hydrogen-bond acceptors (Lipinski definition) is 7. The predicted molar refractivity (Wildman–Crippen MR) is 87.9 cm³/mol. The first-order chi connectivity index (χ1) is 12.1. The van der Waals surface area contributed by atoms with Crippen LogP contribution in [0.15, 0.2) is 28.9 Å². The fourth-order valence-electron chi connectivity index (χ4n) is 2.60. The molecule has 0 saturated carbocycles. The summed E-state index contributed by atoms with van der Waals surface area (Å²) in [5.74, 6) is 0.203. The van der Waals surface area contributed by atoms with Crippen LogP contribution in [-0.2, 0) is 4.79 Å². The summed E-state index contributed by atoms with van der Waals surface area (Å²) in [5.41, 5.74) is 6.51. The molecule has 0 aliphatic carbocycles. The van der Waals surface area contributed by atoms with Gasteiger partial charge in [0.1, 0.15) is 5.75 Å². The lowest BCUT2D eigenvalue weighted by Gasteiger charge is -2.34. The molecule has 3 rings (SSSR count). The van der Waals surface area contributed by atoms with Gasteiger partial charge in [-0.2, -0.15) is 0 Å². The molecule has 9 nitrogen and oxygen atoms in total. The summed E-state index contributed by atoms with van der Waals surface area (Å²) in [6.45, 7) is 3.52. The van der Waals surface area contributed by atoms with Crippen LogP contribution in [0.4, 0.5) is 5.82 Å². The molecule has 132 valence electrons. The van der Waals surface area contributed by atoms with Gasteiger partial charge in [0.25, 0.3) is 11.8 Å². The molecule has 2 aromatic rings. The van der Waals surface area contributed by atoms with Gasteiger partial charge >= 0.3 is 0 Å². The van der Waals surface area contributed by atoms with Crippen LogP contribution in [0.3, 0.4) is 0 Å². The number of aryl methyl sites for hydroxylation is 1. The lowest BCUT2D eigenvalue weighted by molar-refractivity contribution is -0.134. The van der Waals surface area contributed by atoms with E-state index in [0.29, 0.717) is 31.9 Å². The fraction of sp³-hybridized carbons (Fsp3) is 0.375. The minimum absolute atomic E-state index is 0.00247. The molecule has 1 saturated heterocycles. The Labute approximate surface area is 144 Å². The molecular formula is C16H19N5O4. The first kappa shape index (κ1) is 16.7. The first-order valence-corrected chi connectivity index (χ1v) is 7.90. The number of nitrogen functional groups attached to an aromatic ring is 1. The van der Waals surface area contributed by atoms with Crippen LogP contribution < -0.4 is 10.5 Å². The zero-order valence-corrected chi connectivity index (χ0v) is 13.8. The van der Waals surface area contributed by atoms with Crippen molar-refractivity contribution in [2.45, 2.75) is 6.92 Å². The average molecular weight is 345 g/mol. The highest BCUT2D eigenvalue weighted by atomic mass is 16.6. The van der Waals surface area contributed by atoms with E-state index in [2.05, 4.69) is 14.9 Å². The van der Waals surface area contributed by atoms with E-state index in [1.165, 1.54) is 0 Å². The van der Waals surface area contributed by atoms with Crippen molar-refractivity contribution < 1.29 is 19.0 Å². The van der Waals surface area contributed by atoms with E-state index in [9.17, 15) is 9.59 Å². The number of rotatable bonds is 4. The summed E-state index contributed by atoms with van der Waals surface area (Å²) in [7, 11) is 0. The van der Waals surface area contributed by atoms with Gasteiger partial charge in [0, 0.05) is 26.2 Å². The van der Waals surface area contributed by atoms with Crippen molar-refractivity contribution >= 4 is 17.6 Å². The highest BCUT2D eigenvalue weighted by Gasteiger charge is 2.28. The largest absolute Gasteiger partial charge is 0.484 e. The fourth-order valence-corrected chi connectivity index (χ4v) is 2.60. The van der Waals surface area contributed by atoms with Crippen LogP contribution >= 0.6 is 0 Å². The number of anilines is 1. The molecule has 2 heterocycles. The molecule has 2 N–H and O–H groups in total. The second-order valence-electron chi connectivity index (χ2n) is 5.73. The van der Waals surface area contributed by atoms with Gasteiger partial charge in [0.2, 0.25) is 11.5 Å². The molecule has 1 fully saturated rings. The van der Waals surface area contributed by atoms with Gasteiger partial charge in [-0.05, 0) is 28.9 Å². The summed E-state index contributed by atoms with van der Waals surface area (Å²) < 4.78 is 10.0. The van der Waals surface area contributed by atoms with Crippen LogP contribution in [0.1, 0.15) is 16.1 Å². The molecule has 0 unspecified atom stereocenters. The maximum absolute atomic E-state index is 12.3. The molecule has 1 aromatic heterocycles. The number of piperazine rings is 1. The van der Waals surface area contributed by atoms with Crippen molar-refractivity contribution in [3.63, 3.8) is 0 Å². The lowest BCUT2D eigenvalue weighted by Crippen LogP contribution is -2.51. The molecule has 0 spiro atoms. The number of nitrogens with zero attached hydrogens (tertiary/aromatic N) is 4. The molecular weight excluding hydrogens is 326 g/mol. The van der Waals surface area contributed by atoms with E-state index >= 15 is 0 Å². The van der Waals surface area contributed by atoms with Gasteiger partial charge in [0.15, 0.2) is 6.61 Å². The molecule has 1 aliphatic rings. The monoisotopic (exact) mass is 345 g/mol. The topological polar surface area (TPSA) is 115 Å². The third-order valence-corrected chi connectivity index (χ3v) is 4.08. The summed E-state index contributed by atoms with van der Waals surface area (Å²) in [6.07, 6.45) is 0. The van der Waals surface area contributed by atoms with Crippen molar-refractivity contribution in [2.24, 2.45) is 0 Å². The summed E-state index contributed by atoms with van der Waals surface area (Å²) in [5, 5.41) is 6.91. The van der Waals surface area contributed by atoms with Gasteiger partial charge in [-0.15, -0.1) is 0 Å². The normalized spacial score (nSPS) is 14.4. The van der Waals surface area contributed by atoms with Crippen LogP contribution in [0.2, 0.25) is 0 Å². The third kappa shape index (κ3) is 3.70. The molecule has 0 atom stereocenters. The van der Waals surface area contributed by atoms with Crippen molar-refractivity contribution in [2.75, 3.05) is 38.5 Å². The van der Waals surface area contributed by atoms with Gasteiger partial charge < -0.3 is 20.3 Å². The van der Waals surface area contributed by atoms with Crippen molar-refractivity contribution in [3.05, 3.63) is 35.5 Å². The highest BCUT2D eigenvalue weighted by molar-refractivity contribution is 5.96. The number of ether oxygens (including phenoxy) is 1. The zero-order chi connectivity index (χ0) is 17.8. The van der Waals surface area contributed by atoms with Crippen LogP contribution in [0.25, 0.3) is 0 Å². The van der Waals surface area contributed by atoms with Crippen molar-refractivity contribution in [1.29, 1.82) is 0 Å². The van der Waals surface area contributed by atoms with E-state index in [1.807, 2.05) is 31.2 Å². The molecule has 25 heavy (non-hydrogen) atoms. The molecule has 2 amide bonds. The van der Waals surface area contributed by atoms with E-state index in [4.69, 9.17) is 10.5 Å². The predicted octanol–water partition coefficient (Wildman–Crippen LogP) is 0.324. The van der Waals surface area contributed by atoms with E-state index in [0.717, 1.165) is 5.56 Å². The Morgan fingerprint density at radius 1 is 1.16 bits per heavy atom. The van der Waals surface area contributed by atoms with Crippen molar-refractivity contribution in [3.8, 4) is 5.75 Å². The Morgan fingerprint density at radius 2 is 1.84 bits per heavy atom. The Kier molecular flexibility index (Phi) is 4.82. The summed E-state index contributed by atoms with van der Waals surface area (Å²) in [4.78, 5) is 27.8. The smallest absolute Gasteiger partial charge is 0.280 e. The second-order valence-corrected chi connectivity index (χ2v) is 5.73. The lowest BCUT2D eigenvalue weighted by atomic mass is 10.2. The molecule has 9 heteroatoms. The van der Waals surface area contributed by atoms with Gasteiger partial charge in [0.05, 0.1) is 0 Å². The number of carbonyl (C=O) groups excluding carboxylic acids is 2. The number of amides is 2. The number of nitrogens with two attached hydrogens (primary N) is 1. The minimum atomic E-state index is -0.345. The van der Waals surface area contributed by atoms with E-state index < -0.39 is 0 Å². The molecule has 0 radical (unpaired) electrons. The maximum atomic E-state index is 12.3. The molecule has 1 aromatic carbocycles. The standard InChI is InChI=1S/C16H19N5O4/c1-11-4-2-3-5-12(11)24-10-13(22)20-6-8-21(9-7-20)16(23)14-15(17)19-25-18-14/h2-5H,6-10H2,1H3,(H2,17,19). The third-order valence-electron chi connectivity index (χ3n) is 4.08. The number of carbonyl (C=O) groups is 2. The number of para-hydroxylation sites is 1. The maximum Gasteiger partial charge on any atom is 0.280 e. The zero-order valence-electron chi connectivity index (χ0n) is 13.8. The summed E-state index contributed by atoms with van der Waals surface area (Å²) >= 11 is 0. The second kappa shape index (κ2) is 7.20. The average Bonchev–Trinajstić information content (AvgIpc) is 3.06. The minimum Gasteiger partial charge on any atom is -0.484 e. The van der Waals surface area contributed by atoms with Gasteiger partial charge in [-0.25, -0.2) is 4.63 Å². The molecule has 1 aliphatic heterocycles. The SMILES string of the molecule is Cc1ccccc1OCC(=O)N1CCN(C(=O)c2nonc2N)CC1. The summed E-state index contributed by atoms with van der Waals surface area (Å²) in [6, 6.07) is 7.53. The van der Waals surface area contributed by atoms with E-state index in [1.54, 1.807) is 9.80 Å². The molecule has 0 bridgehead atoms.